The Labute approximate surface area is 104 Å². The summed E-state index contributed by atoms with van der Waals surface area (Å²) in [6, 6.07) is 0. The van der Waals surface area contributed by atoms with Gasteiger partial charge in [0.1, 0.15) is 0 Å². The highest BCUT2D eigenvalue weighted by atomic mass is 32.1. The van der Waals surface area contributed by atoms with Crippen molar-refractivity contribution in [3.63, 3.8) is 0 Å². The number of imidazole rings is 1. The van der Waals surface area contributed by atoms with Crippen molar-refractivity contribution >= 4 is 16.3 Å². The van der Waals surface area contributed by atoms with E-state index in [1.54, 1.807) is 11.3 Å². The van der Waals surface area contributed by atoms with Gasteiger partial charge in [-0.1, -0.05) is 0 Å². The van der Waals surface area contributed by atoms with Gasteiger partial charge in [0.15, 0.2) is 4.96 Å². The van der Waals surface area contributed by atoms with Crippen molar-refractivity contribution in [3.8, 4) is 0 Å². The molecule has 3 rings (SSSR count). The quantitative estimate of drug-likeness (QED) is 0.680. The lowest BCUT2D eigenvalue weighted by atomic mass is 10.2. The molecular weight excluding hydrogens is 230 g/mol. The number of aromatic nitrogens is 3. The molecule has 3 heterocycles. The fourth-order valence-electron chi connectivity index (χ4n) is 2.12. The maximum Gasteiger partial charge on any atom is 0.193 e. The van der Waals surface area contributed by atoms with Gasteiger partial charge in [-0.25, -0.2) is 4.98 Å². The molecule has 88 valence electrons. The second kappa shape index (κ2) is 3.74. The number of hydrogen-bond acceptors (Lipinski definition) is 2. The van der Waals surface area contributed by atoms with Crippen molar-refractivity contribution in [2.45, 2.75) is 27.3 Å². The van der Waals surface area contributed by atoms with E-state index in [0.29, 0.717) is 0 Å². The first-order valence-corrected chi connectivity index (χ1v) is 6.57. The molecular formula is C13H15N3S. The Kier molecular flexibility index (Phi) is 2.33. The second-order valence-corrected chi connectivity index (χ2v) is 5.35. The summed E-state index contributed by atoms with van der Waals surface area (Å²) in [6.45, 7) is 7.35. The van der Waals surface area contributed by atoms with E-state index < -0.39 is 0 Å². The lowest BCUT2D eigenvalue weighted by molar-refractivity contribution is 0.756. The van der Waals surface area contributed by atoms with E-state index in [-0.39, 0.29) is 0 Å². The zero-order valence-electron chi connectivity index (χ0n) is 10.3. The van der Waals surface area contributed by atoms with Gasteiger partial charge >= 0.3 is 0 Å². The molecule has 0 aliphatic carbocycles. The Hall–Kier alpha value is -1.55. The number of hydrogen-bond donors (Lipinski definition) is 0. The van der Waals surface area contributed by atoms with E-state index in [9.17, 15) is 0 Å². The normalized spacial score (nSPS) is 11.5. The smallest absolute Gasteiger partial charge is 0.193 e. The van der Waals surface area contributed by atoms with Crippen LogP contribution in [0.15, 0.2) is 24.0 Å². The molecule has 0 saturated carbocycles. The SMILES string of the molecule is Cc1cn(Cc2cn3ccsc3n2)c(C)c1C. The highest BCUT2D eigenvalue weighted by molar-refractivity contribution is 7.15. The summed E-state index contributed by atoms with van der Waals surface area (Å²) in [5.41, 5.74) is 5.18. The van der Waals surface area contributed by atoms with Crippen LogP contribution in [0.3, 0.4) is 0 Å². The Morgan fingerprint density at radius 1 is 1.24 bits per heavy atom. The van der Waals surface area contributed by atoms with Crippen LogP contribution >= 0.6 is 11.3 Å². The third-order valence-corrected chi connectivity index (χ3v) is 4.16. The highest BCUT2D eigenvalue weighted by Gasteiger charge is 2.08. The molecule has 0 fully saturated rings. The number of aryl methyl sites for hydroxylation is 1. The predicted molar refractivity (Wildman–Crippen MR) is 70.8 cm³/mol. The van der Waals surface area contributed by atoms with Gasteiger partial charge in [0, 0.05) is 29.7 Å². The van der Waals surface area contributed by atoms with Crippen molar-refractivity contribution in [2.75, 3.05) is 0 Å². The minimum Gasteiger partial charge on any atom is -0.345 e. The molecule has 0 radical (unpaired) electrons. The Balaban J connectivity index is 1.96. The molecule has 3 aromatic rings. The van der Waals surface area contributed by atoms with Crippen molar-refractivity contribution in [2.24, 2.45) is 0 Å². The van der Waals surface area contributed by atoms with Crippen LogP contribution in [-0.4, -0.2) is 14.0 Å². The first kappa shape index (κ1) is 10.6. The molecule has 0 aliphatic heterocycles. The Morgan fingerprint density at radius 3 is 2.71 bits per heavy atom. The van der Waals surface area contributed by atoms with E-state index >= 15 is 0 Å². The van der Waals surface area contributed by atoms with Crippen LogP contribution in [0.25, 0.3) is 4.96 Å². The van der Waals surface area contributed by atoms with Crippen LogP contribution in [0.5, 0.6) is 0 Å². The molecule has 0 bridgehead atoms. The van der Waals surface area contributed by atoms with Gasteiger partial charge in [0.05, 0.1) is 12.2 Å². The topological polar surface area (TPSA) is 22.2 Å². The summed E-state index contributed by atoms with van der Waals surface area (Å²) in [5, 5.41) is 2.06. The van der Waals surface area contributed by atoms with E-state index in [1.807, 2.05) is 0 Å². The number of fused-ring (bicyclic) bond motifs is 1. The summed E-state index contributed by atoms with van der Waals surface area (Å²) < 4.78 is 4.36. The molecule has 4 heteroatoms. The Morgan fingerprint density at radius 2 is 2.06 bits per heavy atom. The molecule has 0 aliphatic rings. The van der Waals surface area contributed by atoms with Gasteiger partial charge in [0.2, 0.25) is 0 Å². The summed E-state index contributed by atoms with van der Waals surface area (Å²) in [6.07, 6.45) is 6.36. The first-order chi connectivity index (χ1) is 8.15. The number of rotatable bonds is 2. The Bertz CT molecular complexity index is 644. The van der Waals surface area contributed by atoms with E-state index in [0.717, 1.165) is 17.2 Å². The van der Waals surface area contributed by atoms with Crippen LogP contribution in [0.1, 0.15) is 22.5 Å². The molecule has 0 atom stereocenters. The van der Waals surface area contributed by atoms with Gasteiger partial charge in [-0.2, -0.15) is 0 Å². The van der Waals surface area contributed by atoms with Crippen molar-refractivity contribution < 1.29 is 0 Å². The summed E-state index contributed by atoms with van der Waals surface area (Å²) in [5.74, 6) is 0. The average Bonchev–Trinajstić information content (AvgIpc) is 2.91. The van der Waals surface area contributed by atoms with Crippen molar-refractivity contribution in [1.29, 1.82) is 0 Å². The molecule has 0 N–H and O–H groups in total. The van der Waals surface area contributed by atoms with E-state index in [1.165, 1.54) is 16.8 Å². The number of thiazole rings is 1. The maximum absolute atomic E-state index is 4.61. The molecule has 17 heavy (non-hydrogen) atoms. The molecule has 0 aromatic carbocycles. The monoisotopic (exact) mass is 245 g/mol. The number of nitrogens with zero attached hydrogens (tertiary/aromatic N) is 3. The molecule has 0 amide bonds. The second-order valence-electron chi connectivity index (χ2n) is 4.48. The molecule has 0 unspecified atom stereocenters. The zero-order valence-corrected chi connectivity index (χ0v) is 11.1. The van der Waals surface area contributed by atoms with Gasteiger partial charge in [-0.05, 0) is 31.9 Å². The van der Waals surface area contributed by atoms with Gasteiger partial charge in [0.25, 0.3) is 0 Å². The van der Waals surface area contributed by atoms with Crippen LogP contribution in [0.4, 0.5) is 0 Å². The third kappa shape index (κ3) is 1.69. The highest BCUT2D eigenvalue weighted by Crippen LogP contribution is 2.17. The van der Waals surface area contributed by atoms with Crippen molar-refractivity contribution in [3.05, 3.63) is 46.5 Å². The van der Waals surface area contributed by atoms with Gasteiger partial charge < -0.3 is 4.57 Å². The van der Waals surface area contributed by atoms with Crippen molar-refractivity contribution in [1.82, 2.24) is 14.0 Å². The third-order valence-electron chi connectivity index (χ3n) is 3.39. The predicted octanol–water partition coefficient (Wildman–Crippen LogP) is 3.17. The maximum atomic E-state index is 4.61. The van der Waals surface area contributed by atoms with Crippen LogP contribution in [-0.2, 0) is 6.54 Å². The fourth-order valence-corrected chi connectivity index (χ4v) is 2.84. The lowest BCUT2D eigenvalue weighted by Gasteiger charge is -2.03. The van der Waals surface area contributed by atoms with Gasteiger partial charge in [-0.15, -0.1) is 11.3 Å². The summed E-state index contributed by atoms with van der Waals surface area (Å²) >= 11 is 1.67. The molecule has 3 nitrogen and oxygen atoms in total. The summed E-state index contributed by atoms with van der Waals surface area (Å²) in [4.78, 5) is 5.68. The molecule has 0 saturated heterocycles. The standard InChI is InChI=1S/C13H15N3S/c1-9-6-16(11(3)10(9)2)8-12-7-15-4-5-17-13(15)14-12/h4-7H,8H2,1-3H3. The molecule has 3 aromatic heterocycles. The largest absolute Gasteiger partial charge is 0.345 e. The van der Waals surface area contributed by atoms with Crippen LogP contribution in [0, 0.1) is 20.8 Å². The lowest BCUT2D eigenvalue weighted by Crippen LogP contribution is -2.00. The van der Waals surface area contributed by atoms with E-state index in [2.05, 4.69) is 58.7 Å². The minimum absolute atomic E-state index is 0.856. The summed E-state index contributed by atoms with van der Waals surface area (Å²) in [7, 11) is 0. The van der Waals surface area contributed by atoms with E-state index in [4.69, 9.17) is 0 Å². The van der Waals surface area contributed by atoms with Crippen LogP contribution in [0.2, 0.25) is 0 Å². The van der Waals surface area contributed by atoms with Crippen LogP contribution < -0.4 is 0 Å². The molecule has 0 spiro atoms. The fraction of sp³-hybridized carbons (Fsp3) is 0.308. The van der Waals surface area contributed by atoms with Gasteiger partial charge in [-0.3, -0.25) is 4.40 Å². The average molecular weight is 245 g/mol. The zero-order chi connectivity index (χ0) is 12.0. The first-order valence-electron chi connectivity index (χ1n) is 5.69. The minimum atomic E-state index is 0.856.